The van der Waals surface area contributed by atoms with Gasteiger partial charge in [0.2, 0.25) is 0 Å². The second-order valence-corrected chi connectivity index (χ2v) is 5.84. The third-order valence-corrected chi connectivity index (χ3v) is 3.70. The fourth-order valence-electron chi connectivity index (χ4n) is 2.44. The molecule has 0 atom stereocenters. The number of nitrogens with zero attached hydrogens (tertiary/aromatic N) is 2. The number of halogens is 1. The molecule has 2 aromatic rings. The molecule has 2 rings (SSSR count). The maximum atomic E-state index is 6.34. The molecule has 21 heavy (non-hydrogen) atoms. The lowest BCUT2D eigenvalue weighted by Crippen LogP contribution is -2.11. The summed E-state index contributed by atoms with van der Waals surface area (Å²) in [4.78, 5) is 4.69. The predicted octanol–water partition coefficient (Wildman–Crippen LogP) is 4.01. The summed E-state index contributed by atoms with van der Waals surface area (Å²) >= 11 is 6.34. The minimum Gasteiger partial charge on any atom is -0.496 e. The molecule has 0 fully saturated rings. The number of aryl methyl sites for hydroxylation is 1. The molecular weight excluding hydrogens is 286 g/mol. The van der Waals surface area contributed by atoms with Crippen LogP contribution < -0.4 is 10.5 Å². The quantitative estimate of drug-likeness (QED) is 0.908. The zero-order valence-electron chi connectivity index (χ0n) is 13.0. The van der Waals surface area contributed by atoms with E-state index in [-0.39, 0.29) is 0 Å². The van der Waals surface area contributed by atoms with Crippen LogP contribution >= 0.6 is 11.6 Å². The van der Waals surface area contributed by atoms with Gasteiger partial charge in [-0.05, 0) is 18.1 Å². The summed E-state index contributed by atoms with van der Waals surface area (Å²) in [6.07, 6.45) is 0.823. The Balaban J connectivity index is 2.63. The number of nitrogen functional groups attached to an aromatic ring is 1. The van der Waals surface area contributed by atoms with Crippen LogP contribution in [0.3, 0.4) is 0 Å². The van der Waals surface area contributed by atoms with Crippen molar-refractivity contribution in [1.29, 1.82) is 0 Å². The molecule has 0 aliphatic carbocycles. The first kappa shape index (κ1) is 15.7. The van der Waals surface area contributed by atoms with Crippen LogP contribution in [0.5, 0.6) is 5.75 Å². The Morgan fingerprint density at radius 2 is 2.10 bits per heavy atom. The Bertz CT molecular complexity index is 635. The number of hydrogen-bond donors (Lipinski definition) is 1. The van der Waals surface area contributed by atoms with Crippen LogP contribution in [0, 0.1) is 5.92 Å². The Hall–Kier alpha value is -1.68. The number of ether oxygens (including phenoxy) is 1. The van der Waals surface area contributed by atoms with E-state index >= 15 is 0 Å². The highest BCUT2D eigenvalue weighted by Gasteiger charge is 2.20. The molecule has 0 amide bonds. The average molecular weight is 308 g/mol. The van der Waals surface area contributed by atoms with Crippen LogP contribution in [0.4, 0.5) is 5.82 Å². The van der Waals surface area contributed by atoms with Gasteiger partial charge < -0.3 is 15.0 Å². The molecule has 0 saturated heterocycles. The van der Waals surface area contributed by atoms with Gasteiger partial charge in [-0.1, -0.05) is 38.4 Å². The summed E-state index contributed by atoms with van der Waals surface area (Å²) in [5.74, 6) is 2.80. The van der Waals surface area contributed by atoms with Crippen LogP contribution in [0.25, 0.3) is 11.3 Å². The lowest BCUT2D eigenvalue weighted by Gasteiger charge is -2.12. The standard InChI is InChI=1S/C16H22ClN3O/c1-5-13-19-15(16(18)20(13)9-10(2)3)14-11(17)7-6-8-12(14)21-4/h6-8,10H,5,9,18H2,1-4H3. The van der Waals surface area contributed by atoms with Gasteiger partial charge in [0.1, 0.15) is 23.1 Å². The first-order chi connectivity index (χ1) is 9.99. The highest BCUT2D eigenvalue weighted by atomic mass is 35.5. The van der Waals surface area contributed by atoms with Crippen molar-refractivity contribution in [2.45, 2.75) is 33.7 Å². The molecule has 5 heteroatoms. The van der Waals surface area contributed by atoms with Crippen molar-refractivity contribution in [2.24, 2.45) is 5.92 Å². The molecule has 1 aromatic carbocycles. The minimum atomic E-state index is 0.493. The largest absolute Gasteiger partial charge is 0.496 e. The first-order valence-corrected chi connectivity index (χ1v) is 7.55. The molecule has 0 spiro atoms. The van der Waals surface area contributed by atoms with E-state index in [0.717, 1.165) is 24.4 Å². The van der Waals surface area contributed by atoms with E-state index in [1.54, 1.807) is 7.11 Å². The minimum absolute atomic E-state index is 0.493. The summed E-state index contributed by atoms with van der Waals surface area (Å²) in [5, 5.41) is 0.595. The summed E-state index contributed by atoms with van der Waals surface area (Å²) in [7, 11) is 1.62. The maximum Gasteiger partial charge on any atom is 0.131 e. The zero-order chi connectivity index (χ0) is 15.6. The lowest BCUT2D eigenvalue weighted by molar-refractivity contribution is 0.416. The second-order valence-electron chi connectivity index (χ2n) is 5.44. The van der Waals surface area contributed by atoms with Gasteiger partial charge in [-0.25, -0.2) is 4.98 Å². The van der Waals surface area contributed by atoms with Crippen molar-refractivity contribution >= 4 is 17.4 Å². The number of imidazole rings is 1. The van der Waals surface area contributed by atoms with Gasteiger partial charge >= 0.3 is 0 Å². The van der Waals surface area contributed by atoms with Gasteiger partial charge in [0, 0.05) is 13.0 Å². The number of hydrogen-bond acceptors (Lipinski definition) is 3. The third kappa shape index (κ3) is 3.00. The monoisotopic (exact) mass is 307 g/mol. The number of nitrogens with two attached hydrogens (primary N) is 1. The van der Waals surface area contributed by atoms with E-state index in [1.807, 2.05) is 18.2 Å². The van der Waals surface area contributed by atoms with Crippen LogP contribution in [0.2, 0.25) is 5.02 Å². The summed E-state index contributed by atoms with van der Waals surface area (Å²) < 4.78 is 7.48. The van der Waals surface area contributed by atoms with Gasteiger partial charge in [-0.2, -0.15) is 0 Å². The molecule has 0 aliphatic rings. The van der Waals surface area contributed by atoms with Crippen molar-refractivity contribution in [3.63, 3.8) is 0 Å². The maximum absolute atomic E-state index is 6.34. The molecule has 114 valence electrons. The van der Waals surface area contributed by atoms with E-state index in [0.29, 0.717) is 28.2 Å². The van der Waals surface area contributed by atoms with Crippen molar-refractivity contribution in [1.82, 2.24) is 9.55 Å². The van der Waals surface area contributed by atoms with Gasteiger partial charge in [0.05, 0.1) is 17.7 Å². The molecule has 1 heterocycles. The zero-order valence-corrected chi connectivity index (χ0v) is 13.7. The van der Waals surface area contributed by atoms with Crippen LogP contribution in [0.1, 0.15) is 26.6 Å². The van der Waals surface area contributed by atoms with Gasteiger partial charge in [-0.3, -0.25) is 0 Å². The molecule has 4 nitrogen and oxygen atoms in total. The van der Waals surface area contributed by atoms with Crippen molar-refractivity contribution in [3.05, 3.63) is 29.0 Å². The average Bonchev–Trinajstić information content (AvgIpc) is 2.75. The molecule has 0 radical (unpaired) electrons. The fraction of sp³-hybridized carbons (Fsp3) is 0.438. The van der Waals surface area contributed by atoms with Crippen molar-refractivity contribution in [2.75, 3.05) is 12.8 Å². The van der Waals surface area contributed by atoms with E-state index in [9.17, 15) is 0 Å². The SMILES string of the molecule is CCc1nc(-c2c(Cl)cccc2OC)c(N)n1CC(C)C. The smallest absolute Gasteiger partial charge is 0.131 e. The number of rotatable bonds is 5. The molecule has 0 aliphatic heterocycles. The summed E-state index contributed by atoms with van der Waals surface area (Å²) in [6, 6.07) is 5.55. The number of aromatic nitrogens is 2. The highest BCUT2D eigenvalue weighted by molar-refractivity contribution is 6.33. The molecule has 1 aromatic heterocycles. The van der Waals surface area contributed by atoms with E-state index in [2.05, 4.69) is 25.3 Å². The predicted molar refractivity (Wildman–Crippen MR) is 87.9 cm³/mol. The fourth-order valence-corrected chi connectivity index (χ4v) is 2.70. The lowest BCUT2D eigenvalue weighted by atomic mass is 10.1. The Labute approximate surface area is 130 Å². The van der Waals surface area contributed by atoms with Gasteiger partial charge in [0.15, 0.2) is 0 Å². The highest BCUT2D eigenvalue weighted by Crippen LogP contribution is 2.39. The van der Waals surface area contributed by atoms with Crippen molar-refractivity contribution < 1.29 is 4.74 Å². The third-order valence-electron chi connectivity index (χ3n) is 3.38. The van der Waals surface area contributed by atoms with Crippen molar-refractivity contribution in [3.8, 4) is 17.0 Å². The number of anilines is 1. The van der Waals surface area contributed by atoms with Crippen LogP contribution in [0.15, 0.2) is 18.2 Å². The summed E-state index contributed by atoms with van der Waals surface area (Å²) in [6.45, 7) is 7.24. The number of methoxy groups -OCH3 is 1. The summed E-state index contributed by atoms with van der Waals surface area (Å²) in [5.41, 5.74) is 7.80. The molecule has 2 N–H and O–H groups in total. The normalized spacial score (nSPS) is 11.1. The van der Waals surface area contributed by atoms with Crippen LogP contribution in [-0.4, -0.2) is 16.7 Å². The Kier molecular flexibility index (Phi) is 4.78. The molecule has 0 unspecified atom stereocenters. The Morgan fingerprint density at radius 1 is 1.38 bits per heavy atom. The first-order valence-electron chi connectivity index (χ1n) is 7.17. The Morgan fingerprint density at radius 3 is 2.67 bits per heavy atom. The van der Waals surface area contributed by atoms with Gasteiger partial charge in [-0.15, -0.1) is 0 Å². The van der Waals surface area contributed by atoms with Crippen LogP contribution in [-0.2, 0) is 13.0 Å². The topological polar surface area (TPSA) is 53.1 Å². The number of benzene rings is 1. The molecule has 0 saturated carbocycles. The van der Waals surface area contributed by atoms with E-state index < -0.39 is 0 Å². The van der Waals surface area contributed by atoms with E-state index in [1.165, 1.54) is 0 Å². The van der Waals surface area contributed by atoms with Gasteiger partial charge in [0.25, 0.3) is 0 Å². The second kappa shape index (κ2) is 6.39. The van der Waals surface area contributed by atoms with E-state index in [4.69, 9.17) is 27.1 Å². The molecular formula is C16H22ClN3O. The molecule has 0 bridgehead atoms.